The van der Waals surface area contributed by atoms with Crippen molar-refractivity contribution in [1.82, 2.24) is 0 Å². The summed E-state index contributed by atoms with van der Waals surface area (Å²) in [6.45, 7) is 0. The average Bonchev–Trinajstić information content (AvgIpc) is 2.19. The van der Waals surface area contributed by atoms with Gasteiger partial charge in [0.05, 0.1) is 5.56 Å². The predicted molar refractivity (Wildman–Crippen MR) is 58.4 cm³/mol. The topological polar surface area (TPSA) is 23.8 Å². The van der Waals surface area contributed by atoms with E-state index in [1.807, 2.05) is 0 Å². The highest BCUT2D eigenvalue weighted by atomic mass is 35.5. The molecule has 0 aromatic heterocycles. The van der Waals surface area contributed by atoms with Crippen LogP contribution in [-0.4, -0.2) is 5.88 Å². The Morgan fingerprint density at radius 2 is 2.07 bits per heavy atom. The summed E-state index contributed by atoms with van der Waals surface area (Å²) in [7, 11) is 0. The maximum absolute atomic E-state index is 8.78. The van der Waals surface area contributed by atoms with Gasteiger partial charge in [-0.1, -0.05) is 23.4 Å². The third-order valence-corrected chi connectivity index (χ3v) is 1.97. The van der Waals surface area contributed by atoms with Crippen LogP contribution in [0.15, 0.2) is 18.2 Å². The van der Waals surface area contributed by atoms with Crippen molar-refractivity contribution < 1.29 is 0 Å². The van der Waals surface area contributed by atoms with Crippen molar-refractivity contribution in [2.75, 3.05) is 5.88 Å². The molecule has 0 fully saturated rings. The van der Waals surface area contributed by atoms with Gasteiger partial charge in [0.25, 0.3) is 0 Å². The Morgan fingerprint density at radius 3 is 2.71 bits per heavy atom. The quantitative estimate of drug-likeness (QED) is 0.530. The number of hydrogen-bond acceptors (Lipinski definition) is 1. The highest BCUT2D eigenvalue weighted by Crippen LogP contribution is 2.14. The van der Waals surface area contributed by atoms with E-state index in [0.29, 0.717) is 28.5 Å². The minimum absolute atomic E-state index is 0.495. The molecule has 1 aromatic carbocycles. The first-order valence-corrected chi connectivity index (χ1v) is 4.93. The Bertz CT molecular complexity index is 421. The van der Waals surface area contributed by atoms with Crippen LogP contribution in [0, 0.1) is 23.2 Å². The predicted octanol–water partition coefficient (Wildman–Crippen LogP) is 3.19. The molecule has 0 aliphatic carbocycles. The molecule has 3 heteroatoms. The molecule has 1 aromatic rings. The normalized spacial score (nSPS) is 8.64. The van der Waals surface area contributed by atoms with E-state index in [1.165, 1.54) is 0 Å². The summed E-state index contributed by atoms with van der Waals surface area (Å²) in [5.74, 6) is 6.22. The number of nitriles is 1. The molecule has 0 heterocycles. The number of halogens is 2. The van der Waals surface area contributed by atoms with Crippen LogP contribution in [0.5, 0.6) is 0 Å². The second-order valence-electron chi connectivity index (χ2n) is 2.54. The summed E-state index contributed by atoms with van der Waals surface area (Å²) in [4.78, 5) is 0. The van der Waals surface area contributed by atoms with Crippen molar-refractivity contribution in [3.8, 4) is 17.9 Å². The summed E-state index contributed by atoms with van der Waals surface area (Å²) >= 11 is 11.3. The highest BCUT2D eigenvalue weighted by molar-refractivity contribution is 6.30. The van der Waals surface area contributed by atoms with Crippen molar-refractivity contribution in [1.29, 1.82) is 5.26 Å². The van der Waals surface area contributed by atoms with Gasteiger partial charge in [-0.05, 0) is 18.2 Å². The molecule has 0 saturated heterocycles. The third-order valence-electron chi connectivity index (χ3n) is 1.54. The van der Waals surface area contributed by atoms with Crippen LogP contribution in [0.4, 0.5) is 0 Å². The van der Waals surface area contributed by atoms with Crippen molar-refractivity contribution in [3.63, 3.8) is 0 Å². The SMILES string of the molecule is N#Cc1ccc(Cl)cc1C#CCCCl. The number of benzene rings is 1. The van der Waals surface area contributed by atoms with E-state index in [1.54, 1.807) is 18.2 Å². The van der Waals surface area contributed by atoms with E-state index in [2.05, 4.69) is 17.9 Å². The number of alkyl halides is 1. The lowest BCUT2D eigenvalue weighted by Crippen LogP contribution is -1.83. The van der Waals surface area contributed by atoms with Crippen LogP contribution in [0.25, 0.3) is 0 Å². The molecule has 0 N–H and O–H groups in total. The minimum Gasteiger partial charge on any atom is -0.192 e. The second kappa shape index (κ2) is 5.55. The summed E-state index contributed by atoms with van der Waals surface area (Å²) < 4.78 is 0. The van der Waals surface area contributed by atoms with E-state index in [4.69, 9.17) is 28.5 Å². The molecule has 0 radical (unpaired) electrons. The molecule has 0 bridgehead atoms. The Hall–Kier alpha value is -1.15. The highest BCUT2D eigenvalue weighted by Gasteiger charge is 1.98. The van der Waals surface area contributed by atoms with Gasteiger partial charge in [0, 0.05) is 22.9 Å². The smallest absolute Gasteiger partial charge is 0.100 e. The van der Waals surface area contributed by atoms with Crippen molar-refractivity contribution >= 4 is 23.2 Å². The maximum atomic E-state index is 8.78. The van der Waals surface area contributed by atoms with Gasteiger partial charge in [0.15, 0.2) is 0 Å². The minimum atomic E-state index is 0.495. The van der Waals surface area contributed by atoms with Crippen LogP contribution >= 0.6 is 23.2 Å². The Balaban J connectivity index is 3.02. The van der Waals surface area contributed by atoms with Gasteiger partial charge >= 0.3 is 0 Å². The lowest BCUT2D eigenvalue weighted by molar-refractivity contribution is 1.29. The molecule has 0 aliphatic heterocycles. The molecule has 1 rings (SSSR count). The fraction of sp³-hybridized carbons (Fsp3) is 0.182. The molecule has 0 atom stereocenters. The van der Waals surface area contributed by atoms with Gasteiger partial charge in [-0.25, -0.2) is 0 Å². The van der Waals surface area contributed by atoms with E-state index < -0.39 is 0 Å². The number of hydrogen-bond donors (Lipinski definition) is 0. The van der Waals surface area contributed by atoms with E-state index in [0.717, 1.165) is 0 Å². The molecule has 0 aliphatic rings. The summed E-state index contributed by atoms with van der Waals surface area (Å²) in [5.41, 5.74) is 1.20. The van der Waals surface area contributed by atoms with Crippen molar-refractivity contribution in [3.05, 3.63) is 34.3 Å². The standard InChI is InChI=1S/C11H7Cl2N/c12-6-2-1-3-9-7-11(13)5-4-10(9)8-14/h4-5,7H,2,6H2. The van der Waals surface area contributed by atoms with Gasteiger partial charge in [0.1, 0.15) is 6.07 Å². The largest absolute Gasteiger partial charge is 0.192 e. The van der Waals surface area contributed by atoms with Gasteiger partial charge in [-0.15, -0.1) is 11.6 Å². The van der Waals surface area contributed by atoms with Crippen LogP contribution in [0.2, 0.25) is 5.02 Å². The van der Waals surface area contributed by atoms with Gasteiger partial charge in [0.2, 0.25) is 0 Å². The van der Waals surface area contributed by atoms with Gasteiger partial charge in [-0.2, -0.15) is 5.26 Å². The second-order valence-corrected chi connectivity index (χ2v) is 3.36. The zero-order valence-electron chi connectivity index (χ0n) is 7.35. The van der Waals surface area contributed by atoms with Crippen molar-refractivity contribution in [2.45, 2.75) is 6.42 Å². The first-order chi connectivity index (χ1) is 6.77. The molecule has 1 nitrogen and oxygen atoms in total. The van der Waals surface area contributed by atoms with Crippen LogP contribution in [0.3, 0.4) is 0 Å². The molecule has 0 saturated carbocycles. The van der Waals surface area contributed by atoms with E-state index in [9.17, 15) is 0 Å². The lowest BCUT2D eigenvalue weighted by atomic mass is 10.1. The van der Waals surface area contributed by atoms with Crippen LogP contribution in [0.1, 0.15) is 17.5 Å². The Kier molecular flexibility index (Phi) is 4.33. The molecular weight excluding hydrogens is 217 g/mol. The fourth-order valence-corrected chi connectivity index (χ4v) is 1.19. The Morgan fingerprint density at radius 1 is 1.29 bits per heavy atom. The molecular formula is C11H7Cl2N. The summed E-state index contributed by atoms with van der Waals surface area (Å²) in [6.07, 6.45) is 0.610. The van der Waals surface area contributed by atoms with Crippen LogP contribution < -0.4 is 0 Å². The summed E-state index contributed by atoms with van der Waals surface area (Å²) in [6, 6.07) is 7.07. The zero-order chi connectivity index (χ0) is 10.4. The van der Waals surface area contributed by atoms with E-state index in [-0.39, 0.29) is 0 Å². The first-order valence-electron chi connectivity index (χ1n) is 4.02. The number of rotatable bonds is 1. The monoisotopic (exact) mass is 223 g/mol. The molecule has 0 spiro atoms. The average molecular weight is 224 g/mol. The maximum Gasteiger partial charge on any atom is 0.100 e. The third kappa shape index (κ3) is 2.96. The molecule has 0 amide bonds. The zero-order valence-corrected chi connectivity index (χ0v) is 8.86. The fourth-order valence-electron chi connectivity index (χ4n) is 0.922. The number of nitrogens with zero attached hydrogens (tertiary/aromatic N) is 1. The van der Waals surface area contributed by atoms with Crippen LogP contribution in [-0.2, 0) is 0 Å². The van der Waals surface area contributed by atoms with Crippen molar-refractivity contribution in [2.24, 2.45) is 0 Å². The van der Waals surface area contributed by atoms with Gasteiger partial charge in [-0.3, -0.25) is 0 Å². The molecule has 70 valence electrons. The van der Waals surface area contributed by atoms with Gasteiger partial charge < -0.3 is 0 Å². The lowest BCUT2D eigenvalue weighted by Gasteiger charge is -1.95. The first kappa shape index (κ1) is 10.9. The van der Waals surface area contributed by atoms with E-state index >= 15 is 0 Å². The summed E-state index contributed by atoms with van der Waals surface area (Å²) in [5, 5.41) is 9.36. The molecule has 0 unspecified atom stereocenters. The Labute approximate surface area is 93.3 Å². The molecule has 14 heavy (non-hydrogen) atoms.